The van der Waals surface area contributed by atoms with Crippen LogP contribution < -0.4 is 5.73 Å². The number of hydrogen-bond acceptors (Lipinski definition) is 3. The van der Waals surface area contributed by atoms with Crippen LogP contribution in [0.3, 0.4) is 0 Å². The van der Waals surface area contributed by atoms with Gasteiger partial charge in [-0.05, 0) is 42.1 Å². The van der Waals surface area contributed by atoms with Crippen molar-refractivity contribution >= 4 is 27.4 Å². The average molecular weight is 304 g/mol. The zero-order chi connectivity index (χ0) is 16.4. The minimum atomic E-state index is 0.804. The summed E-state index contributed by atoms with van der Waals surface area (Å²) in [6.07, 6.45) is 7.56. The molecule has 3 aromatic heterocycles. The standard InChI is InChI=1S/C17H14N4.C2H6/c1-11-14-8-17(20-9-13(14)2-3-15(11)18)21-7-5-12-4-6-19-10-16(12)21;1-2/h2-10H,18H2,1H3;1-2H3. The second-order valence-electron chi connectivity index (χ2n) is 5.16. The van der Waals surface area contributed by atoms with Crippen LogP contribution in [0, 0.1) is 6.92 Å². The minimum absolute atomic E-state index is 0.804. The molecule has 0 saturated carbocycles. The lowest BCUT2D eigenvalue weighted by atomic mass is 10.1. The molecule has 0 aliphatic carbocycles. The highest BCUT2D eigenvalue weighted by molar-refractivity contribution is 5.90. The van der Waals surface area contributed by atoms with E-state index in [0.717, 1.165) is 38.7 Å². The molecule has 4 heteroatoms. The van der Waals surface area contributed by atoms with Gasteiger partial charge in [0.05, 0.1) is 11.7 Å². The molecule has 2 N–H and O–H groups in total. The quantitative estimate of drug-likeness (QED) is 0.527. The summed E-state index contributed by atoms with van der Waals surface area (Å²) in [5, 5.41) is 3.38. The SMILES string of the molecule is CC.Cc1c(N)ccc2cnc(-n3ccc4ccncc43)cc12. The third-order valence-electron chi connectivity index (χ3n) is 3.94. The molecule has 4 rings (SSSR count). The van der Waals surface area contributed by atoms with Crippen molar-refractivity contribution in [1.29, 1.82) is 0 Å². The van der Waals surface area contributed by atoms with E-state index in [4.69, 9.17) is 5.73 Å². The van der Waals surface area contributed by atoms with Gasteiger partial charge in [0.25, 0.3) is 0 Å². The number of fused-ring (bicyclic) bond motifs is 2. The maximum absolute atomic E-state index is 6.01. The lowest BCUT2D eigenvalue weighted by molar-refractivity contribution is 1.05. The summed E-state index contributed by atoms with van der Waals surface area (Å²) < 4.78 is 2.05. The topological polar surface area (TPSA) is 56.7 Å². The first-order valence-corrected chi connectivity index (χ1v) is 7.80. The van der Waals surface area contributed by atoms with Gasteiger partial charge >= 0.3 is 0 Å². The zero-order valence-corrected chi connectivity index (χ0v) is 13.6. The van der Waals surface area contributed by atoms with Crippen LogP contribution in [0.4, 0.5) is 5.69 Å². The molecule has 0 spiro atoms. The van der Waals surface area contributed by atoms with Gasteiger partial charge in [-0.15, -0.1) is 0 Å². The van der Waals surface area contributed by atoms with Crippen LogP contribution in [-0.2, 0) is 0 Å². The summed E-state index contributed by atoms with van der Waals surface area (Å²) in [7, 11) is 0. The number of hydrogen-bond donors (Lipinski definition) is 1. The number of aryl methyl sites for hydroxylation is 1. The maximum atomic E-state index is 6.01. The zero-order valence-electron chi connectivity index (χ0n) is 13.6. The predicted octanol–water partition coefficient (Wildman–Crippen LogP) is 4.49. The third kappa shape index (κ3) is 2.52. The Kier molecular flexibility index (Phi) is 3.98. The lowest BCUT2D eigenvalue weighted by Crippen LogP contribution is -1.97. The van der Waals surface area contributed by atoms with Gasteiger partial charge in [-0.3, -0.25) is 9.55 Å². The Balaban J connectivity index is 0.000000753. The Morgan fingerprint density at radius 3 is 2.65 bits per heavy atom. The van der Waals surface area contributed by atoms with E-state index in [0.29, 0.717) is 0 Å². The first-order valence-electron chi connectivity index (χ1n) is 7.80. The fourth-order valence-electron chi connectivity index (χ4n) is 2.68. The van der Waals surface area contributed by atoms with Crippen LogP contribution in [-0.4, -0.2) is 14.5 Å². The maximum Gasteiger partial charge on any atom is 0.137 e. The molecule has 116 valence electrons. The molecule has 0 bridgehead atoms. The van der Waals surface area contributed by atoms with Crippen molar-refractivity contribution in [2.24, 2.45) is 0 Å². The van der Waals surface area contributed by atoms with Crippen LogP contribution in [0.2, 0.25) is 0 Å². The second-order valence-corrected chi connectivity index (χ2v) is 5.16. The smallest absolute Gasteiger partial charge is 0.137 e. The Bertz CT molecular complexity index is 970. The molecule has 23 heavy (non-hydrogen) atoms. The van der Waals surface area contributed by atoms with Crippen molar-refractivity contribution in [3.8, 4) is 5.82 Å². The number of nitrogens with two attached hydrogens (primary N) is 1. The fraction of sp³-hybridized carbons (Fsp3) is 0.158. The lowest BCUT2D eigenvalue weighted by Gasteiger charge is -2.09. The highest BCUT2D eigenvalue weighted by Crippen LogP contribution is 2.26. The average Bonchev–Trinajstić information content (AvgIpc) is 3.04. The molecule has 4 nitrogen and oxygen atoms in total. The van der Waals surface area contributed by atoms with Crippen molar-refractivity contribution in [1.82, 2.24) is 14.5 Å². The molecule has 1 aromatic carbocycles. The van der Waals surface area contributed by atoms with Gasteiger partial charge in [-0.25, -0.2) is 4.98 Å². The number of rotatable bonds is 1. The number of aromatic nitrogens is 3. The summed E-state index contributed by atoms with van der Waals surface area (Å²) >= 11 is 0. The van der Waals surface area contributed by atoms with Gasteiger partial charge < -0.3 is 5.73 Å². The Morgan fingerprint density at radius 2 is 1.83 bits per heavy atom. The van der Waals surface area contributed by atoms with Gasteiger partial charge in [-0.2, -0.15) is 0 Å². The summed E-state index contributed by atoms with van der Waals surface area (Å²) in [5.41, 5.74) is 8.95. The Labute approximate surface area is 135 Å². The van der Waals surface area contributed by atoms with E-state index in [1.54, 1.807) is 6.20 Å². The van der Waals surface area contributed by atoms with Crippen LogP contribution >= 0.6 is 0 Å². The van der Waals surface area contributed by atoms with Crippen molar-refractivity contribution in [3.05, 3.63) is 60.7 Å². The van der Waals surface area contributed by atoms with Crippen molar-refractivity contribution in [2.45, 2.75) is 20.8 Å². The van der Waals surface area contributed by atoms with E-state index >= 15 is 0 Å². The van der Waals surface area contributed by atoms with E-state index in [2.05, 4.69) is 22.1 Å². The first kappa shape index (κ1) is 15.0. The van der Waals surface area contributed by atoms with Crippen molar-refractivity contribution < 1.29 is 0 Å². The molecular weight excluding hydrogens is 284 g/mol. The molecule has 0 aliphatic heterocycles. The molecule has 0 amide bonds. The fourth-order valence-corrected chi connectivity index (χ4v) is 2.68. The number of pyridine rings is 2. The molecule has 4 aromatic rings. The number of benzene rings is 1. The monoisotopic (exact) mass is 304 g/mol. The second kappa shape index (κ2) is 6.08. The molecular formula is C19H20N4. The summed E-state index contributed by atoms with van der Waals surface area (Å²) in [5.74, 6) is 0.874. The van der Waals surface area contributed by atoms with Gasteiger partial charge in [0, 0.05) is 35.1 Å². The minimum Gasteiger partial charge on any atom is -0.398 e. The molecule has 0 fully saturated rings. The van der Waals surface area contributed by atoms with E-state index < -0.39 is 0 Å². The molecule has 0 saturated heterocycles. The van der Waals surface area contributed by atoms with E-state index in [1.165, 1.54) is 0 Å². The molecule has 0 aliphatic rings. The van der Waals surface area contributed by atoms with Crippen LogP contribution in [0.25, 0.3) is 27.5 Å². The van der Waals surface area contributed by atoms with Crippen molar-refractivity contribution in [3.63, 3.8) is 0 Å². The largest absolute Gasteiger partial charge is 0.398 e. The highest BCUT2D eigenvalue weighted by Gasteiger charge is 2.07. The summed E-state index contributed by atoms with van der Waals surface area (Å²) in [4.78, 5) is 8.76. The number of nitrogen functional groups attached to an aromatic ring is 1. The summed E-state index contributed by atoms with van der Waals surface area (Å²) in [6.45, 7) is 6.04. The van der Waals surface area contributed by atoms with E-state index in [1.807, 2.05) is 62.1 Å². The highest BCUT2D eigenvalue weighted by atomic mass is 15.1. The van der Waals surface area contributed by atoms with Crippen LogP contribution in [0.1, 0.15) is 19.4 Å². The molecule has 0 radical (unpaired) electrons. The van der Waals surface area contributed by atoms with E-state index in [9.17, 15) is 0 Å². The van der Waals surface area contributed by atoms with Gasteiger partial charge in [0.1, 0.15) is 5.82 Å². The molecule has 0 atom stereocenters. The van der Waals surface area contributed by atoms with Crippen LogP contribution in [0.15, 0.2) is 55.1 Å². The Morgan fingerprint density at radius 1 is 1.00 bits per heavy atom. The molecule has 3 heterocycles. The normalized spacial score (nSPS) is 10.6. The van der Waals surface area contributed by atoms with Gasteiger partial charge in [-0.1, -0.05) is 19.9 Å². The number of anilines is 1. The summed E-state index contributed by atoms with van der Waals surface area (Å²) in [6, 6.07) is 10.1. The number of nitrogens with zero attached hydrogens (tertiary/aromatic N) is 3. The van der Waals surface area contributed by atoms with Crippen molar-refractivity contribution in [2.75, 3.05) is 5.73 Å². The van der Waals surface area contributed by atoms with E-state index in [-0.39, 0.29) is 0 Å². The van der Waals surface area contributed by atoms with Crippen LogP contribution in [0.5, 0.6) is 0 Å². The van der Waals surface area contributed by atoms with Gasteiger partial charge in [0.2, 0.25) is 0 Å². The van der Waals surface area contributed by atoms with Gasteiger partial charge in [0.15, 0.2) is 0 Å². The third-order valence-corrected chi connectivity index (χ3v) is 3.94. The predicted molar refractivity (Wildman–Crippen MR) is 96.9 cm³/mol. The first-order chi connectivity index (χ1) is 11.2. The Hall–Kier alpha value is -2.88. The molecule has 0 unspecified atom stereocenters.